The third kappa shape index (κ3) is 2.61. The second-order valence-corrected chi connectivity index (χ2v) is 6.43. The minimum Gasteiger partial charge on any atom is -0.488 e. The van der Waals surface area contributed by atoms with Gasteiger partial charge in [0.1, 0.15) is 11.5 Å². The third-order valence-corrected chi connectivity index (χ3v) is 4.80. The number of ether oxygens (including phenoxy) is 1. The molecule has 0 bridgehead atoms. The van der Waals surface area contributed by atoms with E-state index in [0.29, 0.717) is 45.3 Å². The molecule has 0 aliphatic carbocycles. The molecule has 0 N–H and O–H groups in total. The summed E-state index contributed by atoms with van der Waals surface area (Å²) in [5.41, 5.74) is 0.671. The van der Waals surface area contributed by atoms with Gasteiger partial charge in [0.2, 0.25) is 0 Å². The third-order valence-electron chi connectivity index (χ3n) is 3.52. The van der Waals surface area contributed by atoms with E-state index in [1.165, 1.54) is 11.3 Å². The van der Waals surface area contributed by atoms with Crippen LogP contribution in [0.2, 0.25) is 5.02 Å². The molecular weight excluding hydrogens is 348 g/mol. The van der Waals surface area contributed by atoms with Crippen molar-refractivity contribution in [1.29, 1.82) is 0 Å². The van der Waals surface area contributed by atoms with Gasteiger partial charge in [-0.3, -0.25) is 4.79 Å². The van der Waals surface area contributed by atoms with Gasteiger partial charge in [0.15, 0.2) is 16.6 Å². The summed E-state index contributed by atoms with van der Waals surface area (Å²) in [5, 5.41) is 1.10. The van der Waals surface area contributed by atoms with Gasteiger partial charge in [0.25, 0.3) is 5.91 Å². The van der Waals surface area contributed by atoms with Crippen LogP contribution in [0.25, 0.3) is 10.8 Å². The normalized spacial score (nSPS) is 13.3. The van der Waals surface area contributed by atoms with Crippen molar-refractivity contribution >= 4 is 34.5 Å². The highest BCUT2D eigenvalue weighted by Crippen LogP contribution is 2.38. The molecule has 0 saturated carbocycles. The summed E-state index contributed by atoms with van der Waals surface area (Å²) in [6.07, 6.45) is 4.84. The number of carbonyl (C=O) groups is 1. The van der Waals surface area contributed by atoms with Crippen molar-refractivity contribution in [2.75, 3.05) is 18.1 Å². The Hall–Kier alpha value is -2.51. The highest BCUT2D eigenvalue weighted by Gasteiger charge is 2.27. The Balaban J connectivity index is 1.67. The monoisotopic (exact) mass is 358 g/mol. The minimum absolute atomic E-state index is 0.138. The summed E-state index contributed by atoms with van der Waals surface area (Å²) in [5.74, 6) is 0.906. The van der Waals surface area contributed by atoms with Crippen molar-refractivity contribution in [2.45, 2.75) is 0 Å². The lowest BCUT2D eigenvalue weighted by Gasteiger charge is -2.29. The Morgan fingerprint density at radius 2 is 2.04 bits per heavy atom. The molecule has 4 rings (SSSR count). The van der Waals surface area contributed by atoms with Gasteiger partial charge in [-0.05, 0) is 18.2 Å². The number of hydrogen-bond acceptors (Lipinski definition) is 6. The second kappa shape index (κ2) is 6.18. The zero-order valence-electron chi connectivity index (χ0n) is 12.3. The van der Waals surface area contributed by atoms with Crippen molar-refractivity contribution in [3.63, 3.8) is 0 Å². The van der Waals surface area contributed by atoms with Crippen LogP contribution in [-0.4, -0.2) is 34.0 Å². The van der Waals surface area contributed by atoms with Gasteiger partial charge in [0, 0.05) is 12.4 Å². The maximum atomic E-state index is 12.9. The van der Waals surface area contributed by atoms with E-state index in [4.69, 9.17) is 16.3 Å². The number of benzene rings is 1. The minimum atomic E-state index is -0.138. The van der Waals surface area contributed by atoms with E-state index >= 15 is 0 Å². The van der Waals surface area contributed by atoms with Crippen LogP contribution in [0.15, 0.2) is 42.9 Å². The molecule has 1 aromatic carbocycles. The molecule has 0 spiro atoms. The van der Waals surface area contributed by atoms with Crippen LogP contribution in [0.1, 0.15) is 9.67 Å². The number of halogens is 1. The van der Waals surface area contributed by atoms with Gasteiger partial charge in [-0.25, -0.2) is 15.0 Å². The first-order chi connectivity index (χ1) is 11.7. The van der Waals surface area contributed by atoms with E-state index in [1.807, 2.05) is 6.07 Å². The molecule has 3 heterocycles. The molecule has 120 valence electrons. The number of carbonyl (C=O) groups excluding carboxylic acids is 1. The van der Waals surface area contributed by atoms with E-state index < -0.39 is 0 Å². The maximum absolute atomic E-state index is 12.9. The molecule has 1 amide bonds. The van der Waals surface area contributed by atoms with E-state index in [0.717, 1.165) is 0 Å². The zero-order chi connectivity index (χ0) is 16.5. The molecule has 1 aliphatic rings. The van der Waals surface area contributed by atoms with Gasteiger partial charge in [-0.2, -0.15) is 0 Å². The fourth-order valence-corrected chi connectivity index (χ4v) is 3.48. The molecule has 0 atom stereocenters. The van der Waals surface area contributed by atoms with Crippen molar-refractivity contribution in [2.24, 2.45) is 0 Å². The number of amides is 1. The summed E-state index contributed by atoms with van der Waals surface area (Å²) in [7, 11) is 0. The molecule has 1 aliphatic heterocycles. The molecule has 3 aromatic rings. The number of aromatic nitrogens is 3. The lowest BCUT2D eigenvalue weighted by atomic mass is 10.2. The summed E-state index contributed by atoms with van der Waals surface area (Å²) >= 11 is 7.42. The summed E-state index contributed by atoms with van der Waals surface area (Å²) < 4.78 is 5.59. The number of para-hydroxylation sites is 1. The lowest BCUT2D eigenvalue weighted by molar-refractivity contribution is 0.0980. The Morgan fingerprint density at radius 3 is 2.88 bits per heavy atom. The van der Waals surface area contributed by atoms with Crippen LogP contribution in [0.4, 0.5) is 5.69 Å². The summed E-state index contributed by atoms with van der Waals surface area (Å²) in [4.78, 5) is 27.6. The molecule has 0 fully saturated rings. The highest BCUT2D eigenvalue weighted by atomic mass is 35.5. The quantitative estimate of drug-likeness (QED) is 0.703. The van der Waals surface area contributed by atoms with Gasteiger partial charge in [-0.1, -0.05) is 17.7 Å². The Kier molecular flexibility index (Phi) is 3.87. The summed E-state index contributed by atoms with van der Waals surface area (Å²) in [6, 6.07) is 7.09. The maximum Gasteiger partial charge on any atom is 0.270 e. The predicted octanol–water partition coefficient (Wildman–Crippen LogP) is 3.29. The van der Waals surface area contributed by atoms with Crippen LogP contribution in [0, 0.1) is 0 Å². The number of anilines is 1. The smallest absolute Gasteiger partial charge is 0.270 e. The molecule has 24 heavy (non-hydrogen) atoms. The SMILES string of the molecule is O=C(c1cnc(-c2ncccn2)s1)N1CCOc2c(Cl)cccc21. The number of rotatable bonds is 2. The first-order valence-electron chi connectivity index (χ1n) is 7.20. The Morgan fingerprint density at radius 1 is 1.21 bits per heavy atom. The van der Waals surface area contributed by atoms with E-state index in [1.54, 1.807) is 41.7 Å². The fraction of sp³-hybridized carbons (Fsp3) is 0.125. The summed E-state index contributed by atoms with van der Waals surface area (Å²) in [6.45, 7) is 0.858. The number of nitrogens with zero attached hydrogens (tertiary/aromatic N) is 4. The topological polar surface area (TPSA) is 68.2 Å². The van der Waals surface area contributed by atoms with Crippen molar-refractivity contribution in [3.8, 4) is 16.6 Å². The molecule has 6 nitrogen and oxygen atoms in total. The predicted molar refractivity (Wildman–Crippen MR) is 91.8 cm³/mol. The van der Waals surface area contributed by atoms with Crippen molar-refractivity contribution in [1.82, 2.24) is 15.0 Å². The van der Waals surface area contributed by atoms with Crippen LogP contribution >= 0.6 is 22.9 Å². The second-order valence-electron chi connectivity index (χ2n) is 5.00. The Labute approximate surface area is 146 Å². The average Bonchev–Trinajstić information content (AvgIpc) is 3.12. The van der Waals surface area contributed by atoms with Gasteiger partial charge in [0.05, 0.1) is 23.5 Å². The standard InChI is InChI=1S/C16H11ClN4O2S/c17-10-3-1-4-11-13(10)23-8-7-21(11)16(22)12-9-20-15(24-12)14-18-5-2-6-19-14/h1-6,9H,7-8H2. The number of fused-ring (bicyclic) bond motifs is 1. The highest BCUT2D eigenvalue weighted by molar-refractivity contribution is 7.16. The van der Waals surface area contributed by atoms with Crippen molar-refractivity contribution < 1.29 is 9.53 Å². The van der Waals surface area contributed by atoms with Crippen LogP contribution in [0.3, 0.4) is 0 Å². The van der Waals surface area contributed by atoms with Crippen molar-refractivity contribution in [3.05, 3.63) is 52.8 Å². The number of thiazole rings is 1. The zero-order valence-corrected chi connectivity index (χ0v) is 13.9. The molecule has 2 aromatic heterocycles. The molecule has 0 saturated heterocycles. The molecule has 0 unspecified atom stereocenters. The van der Waals surface area contributed by atoms with Crippen LogP contribution in [0.5, 0.6) is 5.75 Å². The fourth-order valence-electron chi connectivity index (χ4n) is 2.44. The van der Waals surface area contributed by atoms with Gasteiger partial charge in [-0.15, -0.1) is 11.3 Å². The average molecular weight is 359 g/mol. The Bertz CT molecular complexity index is 900. The van der Waals surface area contributed by atoms with E-state index in [-0.39, 0.29) is 5.91 Å². The lowest BCUT2D eigenvalue weighted by Crippen LogP contribution is -2.37. The van der Waals surface area contributed by atoms with E-state index in [2.05, 4.69) is 15.0 Å². The van der Waals surface area contributed by atoms with Crippen LogP contribution in [-0.2, 0) is 0 Å². The first kappa shape index (κ1) is 15.0. The van der Waals surface area contributed by atoms with Gasteiger partial charge < -0.3 is 9.64 Å². The van der Waals surface area contributed by atoms with Gasteiger partial charge >= 0.3 is 0 Å². The number of hydrogen-bond donors (Lipinski definition) is 0. The first-order valence-corrected chi connectivity index (χ1v) is 8.40. The van der Waals surface area contributed by atoms with Crippen LogP contribution < -0.4 is 9.64 Å². The largest absolute Gasteiger partial charge is 0.488 e. The van der Waals surface area contributed by atoms with E-state index in [9.17, 15) is 4.79 Å². The molecule has 0 radical (unpaired) electrons. The molecular formula is C16H11ClN4O2S. The molecule has 8 heteroatoms.